The highest BCUT2D eigenvalue weighted by Crippen LogP contribution is 2.36. The molecule has 0 bridgehead atoms. The molecule has 3 aromatic rings. The molecule has 1 atom stereocenters. The Labute approximate surface area is 230 Å². The third-order valence-corrected chi connectivity index (χ3v) is 7.97. The third-order valence-electron chi connectivity index (χ3n) is 7.97. The Balaban J connectivity index is 1.21. The van der Waals surface area contributed by atoms with Gasteiger partial charge in [0.05, 0.1) is 25.0 Å². The van der Waals surface area contributed by atoms with Gasteiger partial charge in [-0.3, -0.25) is 9.69 Å². The molecule has 210 valence electrons. The Morgan fingerprint density at radius 2 is 1.93 bits per heavy atom. The summed E-state index contributed by atoms with van der Waals surface area (Å²) in [4.78, 5) is 55.1. The van der Waals surface area contributed by atoms with E-state index < -0.39 is 17.8 Å². The Morgan fingerprint density at radius 1 is 1.12 bits per heavy atom. The fraction of sp³-hybridized carbons (Fsp3) is 0.481. The summed E-state index contributed by atoms with van der Waals surface area (Å²) in [7, 11) is 3.49. The van der Waals surface area contributed by atoms with E-state index in [9.17, 15) is 19.5 Å². The van der Waals surface area contributed by atoms with Gasteiger partial charge in [0.25, 0.3) is 5.91 Å². The standard InChI is InChI=1S/C27H32N8O5/c1-32(2)23(36)20-12-17-13-29-24(31-22(17)35(20)18-6-3-4-7-18)30-21-9-8-19(14-28-21)34-16-27(40-26(34)39)10-5-11-33(15-27)25(37)38/h8-9,12-14,18H,3-7,10-11,15-16H2,1-2H3,(H,37,38)(H,28,29,30,31)/t27-/m1/s1. The van der Waals surface area contributed by atoms with E-state index in [0.29, 0.717) is 48.2 Å². The highest BCUT2D eigenvalue weighted by molar-refractivity contribution is 5.98. The molecule has 2 N–H and O–H groups in total. The molecule has 3 fully saturated rings. The predicted molar refractivity (Wildman–Crippen MR) is 146 cm³/mol. The number of anilines is 3. The number of hydrogen-bond donors (Lipinski definition) is 2. The summed E-state index contributed by atoms with van der Waals surface area (Å²) < 4.78 is 7.74. The van der Waals surface area contributed by atoms with Gasteiger partial charge < -0.3 is 29.5 Å². The SMILES string of the molecule is CN(C)C(=O)c1cc2cnc(Nc3ccc(N4C[C@]5(CCCN(C(=O)O)C5)OC4=O)cn3)nc2n1C1CCCC1. The van der Waals surface area contributed by atoms with Crippen LogP contribution in [0.3, 0.4) is 0 Å². The van der Waals surface area contributed by atoms with Gasteiger partial charge >= 0.3 is 12.2 Å². The number of piperidine rings is 1. The van der Waals surface area contributed by atoms with Crippen LogP contribution in [0.15, 0.2) is 30.6 Å². The van der Waals surface area contributed by atoms with Crippen molar-refractivity contribution in [2.24, 2.45) is 0 Å². The van der Waals surface area contributed by atoms with Gasteiger partial charge in [-0.2, -0.15) is 4.98 Å². The van der Waals surface area contributed by atoms with Gasteiger partial charge in [-0.25, -0.2) is 19.6 Å². The Hall–Kier alpha value is -4.42. The zero-order valence-corrected chi connectivity index (χ0v) is 22.5. The molecule has 5 heterocycles. The van der Waals surface area contributed by atoms with Crippen LogP contribution < -0.4 is 10.2 Å². The lowest BCUT2D eigenvalue weighted by Crippen LogP contribution is -2.52. The van der Waals surface area contributed by atoms with Crippen molar-refractivity contribution in [2.45, 2.75) is 50.2 Å². The van der Waals surface area contributed by atoms with Crippen molar-refractivity contribution < 1.29 is 24.2 Å². The van der Waals surface area contributed by atoms with Crippen LogP contribution in [0.25, 0.3) is 11.0 Å². The van der Waals surface area contributed by atoms with Crippen molar-refractivity contribution in [3.63, 3.8) is 0 Å². The number of pyridine rings is 1. The fourth-order valence-corrected chi connectivity index (χ4v) is 6.02. The van der Waals surface area contributed by atoms with E-state index in [1.54, 1.807) is 43.5 Å². The number of nitrogens with zero attached hydrogens (tertiary/aromatic N) is 7. The Bertz CT molecular complexity index is 1470. The van der Waals surface area contributed by atoms with E-state index in [-0.39, 0.29) is 25.0 Å². The number of rotatable bonds is 5. The second-order valence-electron chi connectivity index (χ2n) is 11.0. The number of likely N-dealkylation sites (tertiary alicyclic amines) is 1. The molecule has 6 rings (SSSR count). The first-order chi connectivity index (χ1) is 19.2. The average molecular weight is 549 g/mol. The topological polar surface area (TPSA) is 146 Å². The number of ether oxygens (including phenoxy) is 1. The molecule has 0 aromatic carbocycles. The van der Waals surface area contributed by atoms with E-state index in [2.05, 4.69) is 19.9 Å². The van der Waals surface area contributed by atoms with Crippen molar-refractivity contribution in [3.05, 3.63) is 36.3 Å². The number of aromatic nitrogens is 4. The minimum absolute atomic E-state index is 0.0669. The van der Waals surface area contributed by atoms with Gasteiger partial charge in [-0.05, 0) is 43.9 Å². The summed E-state index contributed by atoms with van der Waals surface area (Å²) in [6, 6.07) is 5.55. The van der Waals surface area contributed by atoms with Crippen LogP contribution in [-0.4, -0.2) is 91.8 Å². The molecule has 13 nitrogen and oxygen atoms in total. The summed E-state index contributed by atoms with van der Waals surface area (Å²) in [6.45, 7) is 0.848. The largest absolute Gasteiger partial charge is 0.465 e. The maximum atomic E-state index is 12.9. The van der Waals surface area contributed by atoms with Crippen LogP contribution in [0.2, 0.25) is 0 Å². The first-order valence-electron chi connectivity index (χ1n) is 13.5. The van der Waals surface area contributed by atoms with Crippen LogP contribution in [0.5, 0.6) is 0 Å². The summed E-state index contributed by atoms with van der Waals surface area (Å²) in [5.74, 6) is 0.774. The molecule has 3 aliphatic rings. The molecule has 3 aromatic heterocycles. The van der Waals surface area contributed by atoms with Crippen molar-refractivity contribution in [1.82, 2.24) is 29.3 Å². The van der Waals surface area contributed by atoms with Crippen molar-refractivity contribution in [2.75, 3.05) is 43.9 Å². The molecule has 1 spiro atoms. The van der Waals surface area contributed by atoms with Gasteiger partial charge in [0.1, 0.15) is 22.8 Å². The van der Waals surface area contributed by atoms with Crippen LogP contribution in [0.4, 0.5) is 27.0 Å². The molecule has 1 saturated carbocycles. The molecular formula is C27H32N8O5. The summed E-state index contributed by atoms with van der Waals surface area (Å²) in [5.41, 5.74) is 1.02. The number of fused-ring (bicyclic) bond motifs is 1. The van der Waals surface area contributed by atoms with Crippen LogP contribution in [-0.2, 0) is 4.74 Å². The minimum atomic E-state index is -1.01. The number of hydrogen-bond acceptors (Lipinski definition) is 8. The van der Waals surface area contributed by atoms with Crippen molar-refractivity contribution in [3.8, 4) is 0 Å². The van der Waals surface area contributed by atoms with Crippen molar-refractivity contribution in [1.29, 1.82) is 0 Å². The Kier molecular flexibility index (Phi) is 6.43. The molecule has 0 unspecified atom stereocenters. The maximum absolute atomic E-state index is 12.9. The van der Waals surface area contributed by atoms with E-state index in [0.717, 1.165) is 31.1 Å². The van der Waals surface area contributed by atoms with Crippen LogP contribution in [0, 0.1) is 0 Å². The molecule has 0 radical (unpaired) electrons. The smallest absolute Gasteiger partial charge is 0.415 e. The van der Waals surface area contributed by atoms with Gasteiger partial charge in [0.15, 0.2) is 0 Å². The summed E-state index contributed by atoms with van der Waals surface area (Å²) in [5, 5.41) is 13.3. The molecular weight excluding hydrogens is 516 g/mol. The molecule has 40 heavy (non-hydrogen) atoms. The molecule has 2 aliphatic heterocycles. The lowest BCUT2D eigenvalue weighted by Gasteiger charge is -2.36. The van der Waals surface area contributed by atoms with E-state index >= 15 is 0 Å². The highest BCUT2D eigenvalue weighted by atomic mass is 16.6. The second kappa shape index (κ2) is 9.96. The summed E-state index contributed by atoms with van der Waals surface area (Å²) in [6.07, 6.45) is 7.23. The number of nitrogens with one attached hydrogen (secondary N) is 1. The average Bonchev–Trinajstić information content (AvgIpc) is 3.66. The zero-order valence-electron chi connectivity index (χ0n) is 22.5. The van der Waals surface area contributed by atoms with Crippen LogP contribution >= 0.6 is 0 Å². The van der Waals surface area contributed by atoms with Gasteiger partial charge in [-0.1, -0.05) is 12.8 Å². The molecule has 13 heteroatoms. The van der Waals surface area contributed by atoms with Crippen molar-refractivity contribution >= 4 is 46.6 Å². The molecule has 1 aliphatic carbocycles. The van der Waals surface area contributed by atoms with Gasteiger partial charge in [0, 0.05) is 38.3 Å². The number of carboxylic acid groups (broad SMARTS) is 1. The van der Waals surface area contributed by atoms with E-state index in [1.165, 1.54) is 9.80 Å². The quantitative estimate of drug-likeness (QED) is 0.485. The second-order valence-corrected chi connectivity index (χ2v) is 11.0. The lowest BCUT2D eigenvalue weighted by atomic mass is 9.93. The minimum Gasteiger partial charge on any atom is -0.465 e. The van der Waals surface area contributed by atoms with Gasteiger partial charge in [-0.15, -0.1) is 0 Å². The maximum Gasteiger partial charge on any atom is 0.415 e. The number of carbonyl (C=O) groups excluding carboxylic acids is 2. The first-order valence-corrected chi connectivity index (χ1v) is 13.5. The Morgan fingerprint density at radius 3 is 2.62 bits per heavy atom. The first kappa shape index (κ1) is 25.8. The van der Waals surface area contributed by atoms with E-state index in [1.807, 2.05) is 6.07 Å². The predicted octanol–water partition coefficient (Wildman–Crippen LogP) is 3.86. The fourth-order valence-electron chi connectivity index (χ4n) is 6.02. The highest BCUT2D eigenvalue weighted by Gasteiger charge is 2.49. The number of amides is 3. The lowest BCUT2D eigenvalue weighted by molar-refractivity contribution is -0.00403. The molecule has 3 amide bonds. The zero-order chi connectivity index (χ0) is 28.0. The summed E-state index contributed by atoms with van der Waals surface area (Å²) >= 11 is 0. The number of carbonyl (C=O) groups is 3. The normalized spacial score (nSPS) is 21.3. The molecule has 2 saturated heterocycles. The van der Waals surface area contributed by atoms with E-state index in [4.69, 9.17) is 9.72 Å². The van der Waals surface area contributed by atoms with Crippen LogP contribution in [0.1, 0.15) is 55.1 Å². The monoisotopic (exact) mass is 548 g/mol. The third kappa shape index (κ3) is 4.65. The van der Waals surface area contributed by atoms with Gasteiger partial charge in [0.2, 0.25) is 5.95 Å².